The van der Waals surface area contributed by atoms with Gasteiger partial charge in [0.25, 0.3) is 6.02 Å². The summed E-state index contributed by atoms with van der Waals surface area (Å²) in [7, 11) is 0. The molecule has 3 heterocycles. The van der Waals surface area contributed by atoms with Crippen LogP contribution in [0.25, 0.3) is 10.9 Å². The van der Waals surface area contributed by atoms with Crippen LogP contribution in [-0.4, -0.2) is 34.1 Å². The topological polar surface area (TPSA) is 93.6 Å². The van der Waals surface area contributed by atoms with Crippen LogP contribution >= 0.6 is 0 Å². The number of aromatic nitrogens is 3. The Morgan fingerprint density at radius 2 is 1.78 bits per heavy atom. The summed E-state index contributed by atoms with van der Waals surface area (Å²) in [5, 5.41) is 7.48. The normalized spacial score (nSPS) is 12.9. The smallest absolute Gasteiger partial charge is 0.289 e. The highest BCUT2D eigenvalue weighted by Gasteiger charge is 2.11. The van der Waals surface area contributed by atoms with E-state index < -0.39 is 0 Å². The lowest BCUT2D eigenvalue weighted by molar-refractivity contribution is 0.346. The van der Waals surface area contributed by atoms with Gasteiger partial charge in [0.05, 0.1) is 17.8 Å². The number of anilines is 3. The van der Waals surface area contributed by atoms with Crippen LogP contribution in [0, 0.1) is 13.8 Å². The SMILES string of the molecule is Cc1cc(Nc2ncnc3ccc(NC4=NCCO4)cc23)ccc1Oc1cccnc1C. The summed E-state index contributed by atoms with van der Waals surface area (Å²) in [5.41, 5.74) is 4.45. The van der Waals surface area contributed by atoms with E-state index in [1.807, 2.05) is 62.4 Å². The number of hydrogen-bond donors (Lipinski definition) is 2. The monoisotopic (exact) mass is 426 g/mol. The van der Waals surface area contributed by atoms with Crippen molar-refractivity contribution in [2.75, 3.05) is 23.8 Å². The zero-order valence-corrected chi connectivity index (χ0v) is 17.8. The van der Waals surface area contributed by atoms with Crippen LogP contribution in [0.3, 0.4) is 0 Å². The van der Waals surface area contributed by atoms with E-state index in [0.717, 1.165) is 45.0 Å². The lowest BCUT2D eigenvalue weighted by Gasteiger charge is -2.13. The van der Waals surface area contributed by atoms with Gasteiger partial charge in [-0.2, -0.15) is 0 Å². The first-order valence-corrected chi connectivity index (χ1v) is 10.3. The molecule has 0 radical (unpaired) electrons. The number of aliphatic imine (C=N–C) groups is 1. The van der Waals surface area contributed by atoms with Gasteiger partial charge >= 0.3 is 0 Å². The van der Waals surface area contributed by atoms with E-state index in [-0.39, 0.29) is 0 Å². The number of nitrogens with zero attached hydrogens (tertiary/aromatic N) is 4. The zero-order chi connectivity index (χ0) is 21.9. The van der Waals surface area contributed by atoms with Crippen LogP contribution < -0.4 is 15.4 Å². The van der Waals surface area contributed by atoms with Gasteiger partial charge in [-0.05, 0) is 67.9 Å². The van der Waals surface area contributed by atoms with E-state index in [4.69, 9.17) is 9.47 Å². The molecular formula is C24H22N6O2. The molecule has 0 unspecified atom stereocenters. The molecule has 0 saturated heterocycles. The van der Waals surface area contributed by atoms with E-state index in [2.05, 4.69) is 30.6 Å². The molecule has 0 saturated carbocycles. The summed E-state index contributed by atoms with van der Waals surface area (Å²) in [6.45, 7) is 5.21. The Hall–Kier alpha value is -4.20. The predicted octanol–water partition coefficient (Wildman–Crippen LogP) is 4.98. The molecule has 32 heavy (non-hydrogen) atoms. The van der Waals surface area contributed by atoms with Crippen molar-refractivity contribution in [3.05, 3.63) is 72.3 Å². The molecule has 8 nitrogen and oxygen atoms in total. The van der Waals surface area contributed by atoms with Gasteiger partial charge in [-0.1, -0.05) is 0 Å². The largest absolute Gasteiger partial charge is 0.463 e. The second-order valence-corrected chi connectivity index (χ2v) is 7.41. The second-order valence-electron chi connectivity index (χ2n) is 7.41. The van der Waals surface area contributed by atoms with Gasteiger partial charge in [-0.3, -0.25) is 4.98 Å². The lowest BCUT2D eigenvalue weighted by Crippen LogP contribution is -2.11. The number of fused-ring (bicyclic) bond motifs is 1. The Balaban J connectivity index is 1.40. The summed E-state index contributed by atoms with van der Waals surface area (Å²) in [6, 6.07) is 16.1. The van der Waals surface area contributed by atoms with Crippen molar-refractivity contribution in [1.29, 1.82) is 0 Å². The van der Waals surface area contributed by atoms with Crippen molar-refractivity contribution in [1.82, 2.24) is 15.0 Å². The molecule has 2 aromatic heterocycles. The van der Waals surface area contributed by atoms with Crippen LogP contribution in [0.2, 0.25) is 0 Å². The molecule has 160 valence electrons. The molecule has 0 amide bonds. The summed E-state index contributed by atoms with van der Waals surface area (Å²) in [5.74, 6) is 2.24. The minimum Gasteiger partial charge on any atom is -0.463 e. The Kier molecular flexibility index (Phi) is 5.25. The van der Waals surface area contributed by atoms with Crippen molar-refractivity contribution < 1.29 is 9.47 Å². The van der Waals surface area contributed by atoms with E-state index in [0.29, 0.717) is 25.0 Å². The van der Waals surface area contributed by atoms with Crippen LogP contribution in [0.1, 0.15) is 11.3 Å². The minimum atomic E-state index is 0.533. The van der Waals surface area contributed by atoms with E-state index in [1.54, 1.807) is 12.5 Å². The molecule has 0 aliphatic carbocycles. The van der Waals surface area contributed by atoms with Gasteiger partial charge in [-0.15, -0.1) is 0 Å². The Bertz CT molecular complexity index is 1320. The minimum absolute atomic E-state index is 0.533. The Morgan fingerprint density at radius 1 is 0.906 bits per heavy atom. The fourth-order valence-electron chi connectivity index (χ4n) is 3.44. The summed E-state index contributed by atoms with van der Waals surface area (Å²) in [4.78, 5) is 17.4. The number of nitrogens with one attached hydrogen (secondary N) is 2. The van der Waals surface area contributed by atoms with E-state index in [1.165, 1.54) is 0 Å². The van der Waals surface area contributed by atoms with Gasteiger partial charge in [0, 0.05) is 23.0 Å². The third-order valence-corrected chi connectivity index (χ3v) is 5.09. The molecule has 0 atom stereocenters. The third-order valence-electron chi connectivity index (χ3n) is 5.09. The maximum absolute atomic E-state index is 6.05. The first kappa shape index (κ1) is 19.7. The first-order chi connectivity index (χ1) is 15.7. The molecule has 4 aromatic rings. The van der Waals surface area contributed by atoms with Crippen molar-refractivity contribution >= 4 is 34.1 Å². The zero-order valence-electron chi connectivity index (χ0n) is 17.8. The summed E-state index contributed by atoms with van der Waals surface area (Å²) >= 11 is 0. The lowest BCUT2D eigenvalue weighted by atomic mass is 10.1. The van der Waals surface area contributed by atoms with Crippen molar-refractivity contribution in [3.63, 3.8) is 0 Å². The van der Waals surface area contributed by atoms with Gasteiger partial charge in [0.15, 0.2) is 0 Å². The molecule has 1 aliphatic heterocycles. The van der Waals surface area contributed by atoms with Crippen LogP contribution in [0.5, 0.6) is 11.5 Å². The predicted molar refractivity (Wildman–Crippen MR) is 125 cm³/mol. The number of aryl methyl sites for hydroxylation is 2. The van der Waals surface area contributed by atoms with Crippen molar-refractivity contribution in [2.24, 2.45) is 4.99 Å². The average molecular weight is 426 g/mol. The Labute approximate surface area is 185 Å². The quantitative estimate of drug-likeness (QED) is 0.465. The average Bonchev–Trinajstić information content (AvgIpc) is 3.30. The maximum atomic E-state index is 6.05. The number of benzene rings is 2. The molecule has 0 fully saturated rings. The third kappa shape index (κ3) is 4.15. The molecule has 0 bridgehead atoms. The number of amidine groups is 1. The van der Waals surface area contributed by atoms with Crippen molar-refractivity contribution in [2.45, 2.75) is 13.8 Å². The molecule has 2 aromatic carbocycles. The molecular weight excluding hydrogens is 404 g/mol. The Morgan fingerprint density at radius 3 is 2.59 bits per heavy atom. The second kappa shape index (κ2) is 8.50. The first-order valence-electron chi connectivity index (χ1n) is 10.3. The molecule has 1 aliphatic rings. The summed E-state index contributed by atoms with van der Waals surface area (Å²) < 4.78 is 11.5. The summed E-state index contributed by atoms with van der Waals surface area (Å²) in [6.07, 6.45) is 3.31. The highest BCUT2D eigenvalue weighted by molar-refractivity contribution is 5.97. The molecule has 2 N–H and O–H groups in total. The van der Waals surface area contributed by atoms with Crippen molar-refractivity contribution in [3.8, 4) is 11.5 Å². The van der Waals surface area contributed by atoms with Gasteiger partial charge < -0.3 is 20.1 Å². The molecule has 5 rings (SSSR count). The van der Waals surface area contributed by atoms with Gasteiger partial charge in [-0.25, -0.2) is 15.0 Å². The van der Waals surface area contributed by atoms with Crippen LogP contribution in [0.4, 0.5) is 17.2 Å². The number of hydrogen-bond acceptors (Lipinski definition) is 8. The standard InChI is InChI=1S/C24H22N6O2/c1-15-12-17(6-8-21(15)32-22-4-3-9-25-16(22)2)29-23-19-13-18(30-24-26-10-11-31-24)5-7-20(19)27-14-28-23/h3-9,12-14H,10-11H2,1-2H3,(H,26,30)(H,27,28,29). The van der Waals surface area contributed by atoms with Gasteiger partial charge in [0.2, 0.25) is 0 Å². The van der Waals surface area contributed by atoms with E-state index >= 15 is 0 Å². The number of pyridine rings is 1. The number of rotatable bonds is 5. The maximum Gasteiger partial charge on any atom is 0.289 e. The van der Waals surface area contributed by atoms with Crippen LogP contribution in [0.15, 0.2) is 66.0 Å². The fraction of sp³-hybridized carbons (Fsp3) is 0.167. The van der Waals surface area contributed by atoms with Gasteiger partial charge in [0.1, 0.15) is 30.3 Å². The number of ether oxygens (including phenoxy) is 2. The van der Waals surface area contributed by atoms with Crippen LogP contribution in [-0.2, 0) is 4.74 Å². The fourth-order valence-corrected chi connectivity index (χ4v) is 3.44. The van der Waals surface area contributed by atoms with E-state index in [9.17, 15) is 0 Å². The highest BCUT2D eigenvalue weighted by atomic mass is 16.5. The molecule has 8 heteroatoms. The highest BCUT2D eigenvalue weighted by Crippen LogP contribution is 2.31. The molecule has 0 spiro atoms.